The molecule has 1 aliphatic rings. The van der Waals surface area contributed by atoms with E-state index in [0.717, 1.165) is 28.9 Å². The number of aromatic nitrogens is 2. The summed E-state index contributed by atoms with van der Waals surface area (Å²) in [6.45, 7) is 4.30. The number of hydrogen-bond donors (Lipinski definition) is 2. The molecule has 0 aliphatic carbocycles. The summed E-state index contributed by atoms with van der Waals surface area (Å²) in [6.07, 6.45) is -0.307. The van der Waals surface area contributed by atoms with Crippen LogP contribution in [0.25, 0.3) is 11.0 Å². The number of nitrogens with zero attached hydrogens (tertiary/aromatic N) is 4. The van der Waals surface area contributed by atoms with Crippen molar-refractivity contribution in [2.45, 2.75) is 26.8 Å². The molecule has 4 rings (SSSR count). The number of nitrogens with one attached hydrogen (secondary N) is 2. The van der Waals surface area contributed by atoms with Crippen LogP contribution < -0.4 is 10.9 Å². The third-order valence-corrected chi connectivity index (χ3v) is 5.57. The molecule has 0 atom stereocenters. The van der Waals surface area contributed by atoms with Gasteiger partial charge in [0.05, 0.1) is 21.5 Å². The topological polar surface area (TPSA) is 157 Å². The molecule has 4 amide bonds. The molecule has 34 heavy (non-hydrogen) atoms. The second-order valence-corrected chi connectivity index (χ2v) is 7.58. The Hall–Kier alpha value is -4.61. The summed E-state index contributed by atoms with van der Waals surface area (Å²) < 4.78 is 2.01. The summed E-state index contributed by atoms with van der Waals surface area (Å²) in [4.78, 5) is 65.3. The van der Waals surface area contributed by atoms with E-state index in [4.69, 9.17) is 0 Å². The Morgan fingerprint density at radius 1 is 1.12 bits per heavy atom. The van der Waals surface area contributed by atoms with Crippen LogP contribution in [0.5, 0.6) is 0 Å². The molecule has 1 aromatic heterocycles. The molecule has 2 aromatic carbocycles. The predicted molar refractivity (Wildman–Crippen MR) is 119 cm³/mol. The Kier molecular flexibility index (Phi) is 5.80. The zero-order valence-corrected chi connectivity index (χ0v) is 18.3. The van der Waals surface area contributed by atoms with Gasteiger partial charge in [0.15, 0.2) is 0 Å². The normalized spacial score (nSPS) is 12.7. The van der Waals surface area contributed by atoms with Crippen LogP contribution in [0, 0.1) is 17.0 Å². The number of imidazole rings is 1. The van der Waals surface area contributed by atoms with Crippen molar-refractivity contribution < 1.29 is 24.1 Å². The first-order valence-electron chi connectivity index (χ1n) is 10.4. The number of nitro benzene ring substituents is 1. The number of hydrazine groups is 1. The molecule has 2 N–H and O–H groups in total. The minimum Gasteiger partial charge on any atom is -0.329 e. The summed E-state index contributed by atoms with van der Waals surface area (Å²) in [5.74, 6) is -1.93. The zero-order chi connectivity index (χ0) is 24.6. The molecular formula is C22H20N6O6. The SMILES string of the molecule is CCn1c(C)nc2cc(C(=O)NNC(=O)CCN3C(=O)c4cccc([N+](=O)[O-])c4C3=O)ccc21. The van der Waals surface area contributed by atoms with Crippen LogP contribution >= 0.6 is 0 Å². The lowest BCUT2D eigenvalue weighted by Gasteiger charge is -2.13. The van der Waals surface area contributed by atoms with Crippen molar-refractivity contribution in [2.75, 3.05) is 6.54 Å². The molecule has 0 bridgehead atoms. The van der Waals surface area contributed by atoms with Crippen LogP contribution in [-0.4, -0.2) is 49.5 Å². The summed E-state index contributed by atoms with van der Waals surface area (Å²) >= 11 is 0. The fraction of sp³-hybridized carbons (Fsp3) is 0.227. The van der Waals surface area contributed by atoms with E-state index in [0.29, 0.717) is 11.1 Å². The number of carbonyl (C=O) groups is 4. The van der Waals surface area contributed by atoms with E-state index >= 15 is 0 Å². The van der Waals surface area contributed by atoms with Crippen molar-refractivity contribution in [2.24, 2.45) is 0 Å². The first-order valence-corrected chi connectivity index (χ1v) is 10.4. The smallest absolute Gasteiger partial charge is 0.282 e. The Labute approximate surface area is 192 Å². The lowest BCUT2D eigenvalue weighted by Crippen LogP contribution is -2.43. The number of carbonyl (C=O) groups excluding carboxylic acids is 4. The molecule has 12 nitrogen and oxygen atoms in total. The number of nitro groups is 1. The van der Waals surface area contributed by atoms with Gasteiger partial charge in [0.1, 0.15) is 11.4 Å². The van der Waals surface area contributed by atoms with Gasteiger partial charge in [-0.2, -0.15) is 0 Å². The van der Waals surface area contributed by atoms with Gasteiger partial charge in [-0.25, -0.2) is 4.98 Å². The molecule has 0 radical (unpaired) electrons. The van der Waals surface area contributed by atoms with Crippen molar-refractivity contribution in [1.29, 1.82) is 0 Å². The molecule has 1 aliphatic heterocycles. The Balaban J connectivity index is 1.36. The van der Waals surface area contributed by atoms with Gasteiger partial charge in [-0.1, -0.05) is 6.07 Å². The first-order chi connectivity index (χ1) is 16.2. The summed E-state index contributed by atoms with van der Waals surface area (Å²) in [5, 5.41) is 11.2. The number of aryl methyl sites for hydroxylation is 2. The molecule has 0 spiro atoms. The molecule has 3 aromatic rings. The molecule has 0 unspecified atom stereocenters. The fourth-order valence-corrected chi connectivity index (χ4v) is 3.94. The standard InChI is InChI=1S/C22H20N6O6/c1-3-26-12(2)23-15-11-13(7-8-16(15)26)20(30)25-24-18(29)9-10-27-21(31)14-5-4-6-17(28(33)34)19(14)22(27)32/h4-8,11H,3,9-10H2,1-2H3,(H,24,29)(H,25,30). The Morgan fingerprint density at radius 2 is 1.88 bits per heavy atom. The van der Waals surface area contributed by atoms with Gasteiger partial charge in [-0.15, -0.1) is 0 Å². The van der Waals surface area contributed by atoms with Gasteiger partial charge in [0.2, 0.25) is 5.91 Å². The molecule has 0 saturated heterocycles. The van der Waals surface area contributed by atoms with Crippen molar-refractivity contribution in [3.05, 3.63) is 69.0 Å². The number of hydrogen-bond acceptors (Lipinski definition) is 7. The Bertz CT molecular complexity index is 1380. The van der Waals surface area contributed by atoms with E-state index in [1.807, 2.05) is 18.4 Å². The molecule has 12 heteroatoms. The van der Waals surface area contributed by atoms with Gasteiger partial charge in [-0.05, 0) is 38.1 Å². The molecule has 2 heterocycles. The van der Waals surface area contributed by atoms with Crippen LogP contribution in [0.4, 0.5) is 5.69 Å². The van der Waals surface area contributed by atoms with Crippen LogP contribution in [0.3, 0.4) is 0 Å². The van der Waals surface area contributed by atoms with E-state index in [-0.39, 0.29) is 24.1 Å². The third kappa shape index (κ3) is 3.85. The van der Waals surface area contributed by atoms with E-state index in [1.165, 1.54) is 12.1 Å². The minimum atomic E-state index is -0.834. The number of imide groups is 1. The maximum atomic E-state index is 12.5. The van der Waals surface area contributed by atoms with E-state index in [2.05, 4.69) is 15.8 Å². The van der Waals surface area contributed by atoms with Crippen molar-refractivity contribution in [1.82, 2.24) is 25.3 Å². The lowest BCUT2D eigenvalue weighted by atomic mass is 10.1. The maximum absolute atomic E-state index is 12.5. The van der Waals surface area contributed by atoms with Gasteiger partial charge in [0.25, 0.3) is 23.4 Å². The number of amides is 4. The fourth-order valence-electron chi connectivity index (χ4n) is 3.94. The summed E-state index contributed by atoms with van der Waals surface area (Å²) in [7, 11) is 0. The van der Waals surface area contributed by atoms with Gasteiger partial charge >= 0.3 is 0 Å². The molecular weight excluding hydrogens is 444 g/mol. The van der Waals surface area contributed by atoms with Crippen molar-refractivity contribution in [3.8, 4) is 0 Å². The first kappa shape index (κ1) is 22.6. The molecule has 0 saturated carbocycles. The van der Waals surface area contributed by atoms with Gasteiger partial charge in [0, 0.05) is 31.1 Å². The zero-order valence-electron chi connectivity index (χ0n) is 18.3. The highest BCUT2D eigenvalue weighted by Gasteiger charge is 2.40. The Morgan fingerprint density at radius 3 is 2.59 bits per heavy atom. The van der Waals surface area contributed by atoms with Crippen LogP contribution in [0.1, 0.15) is 50.2 Å². The average molecular weight is 464 g/mol. The van der Waals surface area contributed by atoms with Crippen LogP contribution in [-0.2, 0) is 11.3 Å². The van der Waals surface area contributed by atoms with Crippen molar-refractivity contribution in [3.63, 3.8) is 0 Å². The lowest BCUT2D eigenvalue weighted by molar-refractivity contribution is -0.385. The summed E-state index contributed by atoms with van der Waals surface area (Å²) in [5.41, 5.74) is 5.53. The van der Waals surface area contributed by atoms with Crippen LogP contribution in [0.2, 0.25) is 0 Å². The number of benzene rings is 2. The van der Waals surface area contributed by atoms with E-state index < -0.39 is 34.2 Å². The quantitative estimate of drug-likeness (QED) is 0.319. The number of rotatable bonds is 6. The van der Waals surface area contributed by atoms with E-state index in [1.54, 1.807) is 18.2 Å². The summed E-state index contributed by atoms with van der Waals surface area (Å²) in [6, 6.07) is 8.78. The minimum absolute atomic E-state index is 0.0796. The highest BCUT2D eigenvalue weighted by Crippen LogP contribution is 2.30. The number of fused-ring (bicyclic) bond motifs is 2. The largest absolute Gasteiger partial charge is 0.329 e. The monoisotopic (exact) mass is 464 g/mol. The van der Waals surface area contributed by atoms with E-state index in [9.17, 15) is 29.3 Å². The molecule has 174 valence electrons. The average Bonchev–Trinajstić information content (AvgIpc) is 3.27. The second kappa shape index (κ2) is 8.73. The van der Waals surface area contributed by atoms with Crippen molar-refractivity contribution >= 4 is 40.3 Å². The molecule has 0 fully saturated rings. The van der Waals surface area contributed by atoms with Gasteiger partial charge in [-0.3, -0.25) is 45.0 Å². The highest BCUT2D eigenvalue weighted by atomic mass is 16.6. The predicted octanol–water partition coefficient (Wildman–Crippen LogP) is 1.72. The van der Waals surface area contributed by atoms with Gasteiger partial charge < -0.3 is 4.57 Å². The third-order valence-electron chi connectivity index (χ3n) is 5.57. The highest BCUT2D eigenvalue weighted by molar-refractivity contribution is 6.23. The van der Waals surface area contributed by atoms with Crippen LogP contribution in [0.15, 0.2) is 36.4 Å². The second-order valence-electron chi connectivity index (χ2n) is 7.58. The maximum Gasteiger partial charge on any atom is 0.282 e.